The van der Waals surface area contributed by atoms with Crippen molar-refractivity contribution in [2.75, 3.05) is 0 Å². The molecular formula is C10H16. The van der Waals surface area contributed by atoms with Gasteiger partial charge in [0.2, 0.25) is 0 Å². The first kappa shape index (κ1) is 7.59. The summed E-state index contributed by atoms with van der Waals surface area (Å²) in [5.41, 5.74) is 2.55. The Hall–Kier alpha value is -0.520. The molecule has 0 heterocycles. The highest BCUT2D eigenvalue weighted by Gasteiger charge is 2.20. The molecule has 1 unspecified atom stereocenters. The molecule has 10 heavy (non-hydrogen) atoms. The van der Waals surface area contributed by atoms with Crippen LogP contribution in [-0.4, -0.2) is 0 Å². The molecule has 0 aromatic carbocycles. The maximum Gasteiger partial charge on any atom is -0.0191 e. The van der Waals surface area contributed by atoms with Gasteiger partial charge in [0.05, 0.1) is 0 Å². The Labute approximate surface area is 63.6 Å². The molecule has 0 heteroatoms. The van der Waals surface area contributed by atoms with Gasteiger partial charge in [0.25, 0.3) is 0 Å². The topological polar surface area (TPSA) is 0 Å². The van der Waals surface area contributed by atoms with Gasteiger partial charge >= 0.3 is 0 Å². The summed E-state index contributed by atoms with van der Waals surface area (Å²) in [6.07, 6.45) is 2.45. The largest absolute Gasteiger partial charge is 0.0956 e. The van der Waals surface area contributed by atoms with Crippen LogP contribution in [0.25, 0.3) is 0 Å². The second-order valence-electron chi connectivity index (χ2n) is 3.57. The molecule has 0 aliphatic heterocycles. The molecule has 0 amide bonds. The van der Waals surface area contributed by atoms with Gasteiger partial charge in [0.1, 0.15) is 0 Å². The first-order valence-corrected chi connectivity index (χ1v) is 3.98. The van der Waals surface area contributed by atoms with Gasteiger partial charge in [0, 0.05) is 0 Å². The number of hydrogen-bond acceptors (Lipinski definition) is 0. The Morgan fingerprint density at radius 1 is 1.30 bits per heavy atom. The lowest BCUT2D eigenvalue weighted by Crippen LogP contribution is -2.14. The van der Waals surface area contributed by atoms with Gasteiger partial charge in [-0.2, -0.15) is 0 Å². The third kappa shape index (κ3) is 1.31. The molecule has 1 rings (SSSR count). The van der Waals surface area contributed by atoms with Crippen LogP contribution in [-0.2, 0) is 0 Å². The quantitative estimate of drug-likeness (QED) is 0.480. The zero-order chi connectivity index (χ0) is 7.72. The van der Waals surface area contributed by atoms with Crippen molar-refractivity contribution in [1.29, 1.82) is 0 Å². The molecule has 1 saturated carbocycles. The van der Waals surface area contributed by atoms with Gasteiger partial charge in [-0.1, -0.05) is 32.6 Å². The van der Waals surface area contributed by atoms with E-state index in [0.717, 1.165) is 12.3 Å². The van der Waals surface area contributed by atoms with Crippen molar-refractivity contribution < 1.29 is 0 Å². The molecule has 1 aliphatic rings. The van der Waals surface area contributed by atoms with E-state index in [0.29, 0.717) is 5.92 Å². The summed E-state index contributed by atoms with van der Waals surface area (Å²) in [4.78, 5) is 0. The van der Waals surface area contributed by atoms with E-state index in [2.05, 4.69) is 27.0 Å². The Bertz CT molecular complexity index is 165. The van der Waals surface area contributed by atoms with Crippen molar-refractivity contribution in [2.24, 2.45) is 11.8 Å². The predicted molar refractivity (Wildman–Crippen MR) is 45.8 cm³/mol. The lowest BCUT2D eigenvalue weighted by molar-refractivity contribution is 0.418. The smallest absolute Gasteiger partial charge is 0.0191 e. The molecule has 0 aromatic rings. The van der Waals surface area contributed by atoms with Crippen LogP contribution in [0.3, 0.4) is 0 Å². The summed E-state index contributed by atoms with van der Waals surface area (Å²) in [7, 11) is 0. The molecule has 1 fully saturated rings. The fourth-order valence-electron chi connectivity index (χ4n) is 1.73. The van der Waals surface area contributed by atoms with Crippen molar-refractivity contribution in [3.05, 3.63) is 24.3 Å². The van der Waals surface area contributed by atoms with Crippen LogP contribution < -0.4 is 0 Å². The summed E-state index contributed by atoms with van der Waals surface area (Å²) >= 11 is 0. The second-order valence-corrected chi connectivity index (χ2v) is 3.57. The highest BCUT2D eigenvalue weighted by Crippen LogP contribution is 2.34. The van der Waals surface area contributed by atoms with Gasteiger partial charge in [-0.05, 0) is 30.3 Å². The van der Waals surface area contributed by atoms with Crippen LogP contribution in [0, 0.1) is 11.8 Å². The fourth-order valence-corrected chi connectivity index (χ4v) is 1.73. The SMILES string of the molecule is C=C1C[C@@H](C)CC(C)C1=C. The Balaban J connectivity index is 2.66. The van der Waals surface area contributed by atoms with E-state index in [-0.39, 0.29) is 0 Å². The zero-order valence-corrected chi connectivity index (χ0v) is 6.98. The Morgan fingerprint density at radius 3 is 2.40 bits per heavy atom. The van der Waals surface area contributed by atoms with E-state index >= 15 is 0 Å². The van der Waals surface area contributed by atoms with Crippen LogP contribution >= 0.6 is 0 Å². The van der Waals surface area contributed by atoms with E-state index in [1.807, 2.05) is 0 Å². The zero-order valence-electron chi connectivity index (χ0n) is 6.98. The van der Waals surface area contributed by atoms with Gasteiger partial charge in [-0.25, -0.2) is 0 Å². The van der Waals surface area contributed by atoms with E-state index in [1.165, 1.54) is 17.6 Å². The molecule has 0 bridgehead atoms. The second kappa shape index (κ2) is 2.61. The van der Waals surface area contributed by atoms with Crippen molar-refractivity contribution in [3.63, 3.8) is 0 Å². The summed E-state index contributed by atoms with van der Waals surface area (Å²) < 4.78 is 0. The molecule has 0 spiro atoms. The molecule has 0 saturated heterocycles. The van der Waals surface area contributed by atoms with Crippen LogP contribution in [0.5, 0.6) is 0 Å². The van der Waals surface area contributed by atoms with Crippen LogP contribution in [0.4, 0.5) is 0 Å². The van der Waals surface area contributed by atoms with E-state index in [9.17, 15) is 0 Å². The average Bonchev–Trinajstić information content (AvgIpc) is 1.82. The first-order valence-electron chi connectivity index (χ1n) is 3.98. The molecule has 1 aliphatic carbocycles. The molecule has 0 radical (unpaired) electrons. The minimum Gasteiger partial charge on any atom is -0.0956 e. The summed E-state index contributed by atoms with van der Waals surface area (Å²) in [6.45, 7) is 12.5. The Kier molecular flexibility index (Phi) is 1.98. The van der Waals surface area contributed by atoms with Gasteiger partial charge in [0.15, 0.2) is 0 Å². The molecule has 56 valence electrons. The standard InChI is InChI=1S/C10H16/c1-7-5-8(2)10(4)9(3)6-7/h7,9H,2,4-6H2,1,3H3/t7-,9?/m1/s1. The minimum atomic E-state index is 0.663. The highest BCUT2D eigenvalue weighted by atomic mass is 14.3. The first-order chi connectivity index (χ1) is 4.61. The predicted octanol–water partition coefficient (Wildman–Crippen LogP) is 3.16. The van der Waals surface area contributed by atoms with E-state index in [1.54, 1.807) is 0 Å². The van der Waals surface area contributed by atoms with E-state index in [4.69, 9.17) is 0 Å². The summed E-state index contributed by atoms with van der Waals surface area (Å²) in [6, 6.07) is 0. The van der Waals surface area contributed by atoms with Gasteiger partial charge < -0.3 is 0 Å². The van der Waals surface area contributed by atoms with Crippen LogP contribution in [0.15, 0.2) is 24.3 Å². The lowest BCUT2D eigenvalue weighted by Gasteiger charge is -2.27. The van der Waals surface area contributed by atoms with Crippen LogP contribution in [0.1, 0.15) is 26.7 Å². The average molecular weight is 136 g/mol. The van der Waals surface area contributed by atoms with Gasteiger partial charge in [-0.15, -0.1) is 0 Å². The van der Waals surface area contributed by atoms with Crippen LogP contribution in [0.2, 0.25) is 0 Å². The minimum absolute atomic E-state index is 0.663. The van der Waals surface area contributed by atoms with Crippen molar-refractivity contribution in [3.8, 4) is 0 Å². The third-order valence-corrected chi connectivity index (χ3v) is 2.40. The van der Waals surface area contributed by atoms with Crippen molar-refractivity contribution in [2.45, 2.75) is 26.7 Å². The normalized spacial score (nSPS) is 34.6. The fraction of sp³-hybridized carbons (Fsp3) is 0.600. The molecule has 0 nitrogen and oxygen atoms in total. The maximum atomic E-state index is 4.01. The maximum absolute atomic E-state index is 4.01. The third-order valence-electron chi connectivity index (χ3n) is 2.40. The van der Waals surface area contributed by atoms with E-state index < -0.39 is 0 Å². The van der Waals surface area contributed by atoms with Crippen molar-refractivity contribution in [1.82, 2.24) is 0 Å². The lowest BCUT2D eigenvalue weighted by atomic mass is 9.78. The number of rotatable bonds is 0. The van der Waals surface area contributed by atoms with Gasteiger partial charge in [-0.3, -0.25) is 0 Å². The summed E-state index contributed by atoms with van der Waals surface area (Å²) in [5, 5.41) is 0. The Morgan fingerprint density at radius 2 is 1.90 bits per heavy atom. The monoisotopic (exact) mass is 136 g/mol. The van der Waals surface area contributed by atoms with Crippen molar-refractivity contribution >= 4 is 0 Å². The molecule has 0 aromatic heterocycles. The highest BCUT2D eigenvalue weighted by molar-refractivity contribution is 5.29. The molecule has 2 atom stereocenters. The molecule has 0 N–H and O–H groups in total. The number of allylic oxidation sites excluding steroid dienone is 2. The summed E-state index contributed by atoms with van der Waals surface area (Å²) in [5.74, 6) is 1.48. The number of hydrogen-bond donors (Lipinski definition) is 0. The molecular weight excluding hydrogens is 120 g/mol.